The number of carbonyl (C=O) groups is 1. The minimum Gasteiger partial charge on any atom is -0.324 e. The normalized spacial score (nSPS) is 11.6. The molecule has 0 aliphatic heterocycles. The second-order valence-corrected chi connectivity index (χ2v) is 6.18. The molecule has 7 heteroatoms. The van der Waals surface area contributed by atoms with Crippen LogP contribution in [0.25, 0.3) is 0 Å². The molecule has 0 aromatic heterocycles. The summed E-state index contributed by atoms with van der Waals surface area (Å²) in [6, 6.07) is 5.70. The first-order valence-electron chi connectivity index (χ1n) is 5.27. The number of halogens is 1. The first kappa shape index (κ1) is 14.6. The van der Waals surface area contributed by atoms with Gasteiger partial charge in [0.05, 0.1) is 11.4 Å². The van der Waals surface area contributed by atoms with E-state index in [4.69, 9.17) is 0 Å². The number of anilines is 1. The number of sulfonamides is 1. The second-order valence-electron chi connectivity index (χ2n) is 3.88. The molecule has 1 N–H and O–H groups in total. The van der Waals surface area contributed by atoms with Crippen LogP contribution in [0.15, 0.2) is 24.3 Å². The zero-order valence-corrected chi connectivity index (χ0v) is 11.0. The Morgan fingerprint density at radius 3 is 2.50 bits per heavy atom. The van der Waals surface area contributed by atoms with Gasteiger partial charge in [-0.3, -0.25) is 4.79 Å². The monoisotopic (exact) mass is 274 g/mol. The molecule has 0 saturated carbocycles. The maximum Gasteiger partial charge on any atom is 0.225 e. The van der Waals surface area contributed by atoms with E-state index in [9.17, 15) is 17.6 Å². The van der Waals surface area contributed by atoms with Crippen molar-refractivity contribution in [3.8, 4) is 0 Å². The molecule has 0 atom stereocenters. The average molecular weight is 274 g/mol. The lowest BCUT2D eigenvalue weighted by Gasteiger charge is -2.11. The summed E-state index contributed by atoms with van der Waals surface area (Å²) in [5.74, 6) is -1.40. The van der Waals surface area contributed by atoms with E-state index in [0.717, 1.165) is 4.31 Å². The molecule has 1 aromatic carbocycles. The summed E-state index contributed by atoms with van der Waals surface area (Å²) in [7, 11) is -0.631. The largest absolute Gasteiger partial charge is 0.324 e. The Morgan fingerprint density at radius 2 is 1.94 bits per heavy atom. The highest BCUT2D eigenvalue weighted by Gasteiger charge is 2.16. The SMILES string of the molecule is CN(C)S(=O)(=O)CCC(=O)Nc1ccccc1F. The molecule has 0 radical (unpaired) electrons. The van der Waals surface area contributed by atoms with Crippen LogP contribution in [0, 0.1) is 5.82 Å². The third-order valence-electron chi connectivity index (χ3n) is 2.29. The number of benzene rings is 1. The van der Waals surface area contributed by atoms with Gasteiger partial charge in [-0.25, -0.2) is 17.1 Å². The van der Waals surface area contributed by atoms with Crippen LogP contribution in [-0.4, -0.2) is 38.5 Å². The number of amides is 1. The van der Waals surface area contributed by atoms with Gasteiger partial charge in [0, 0.05) is 20.5 Å². The molecule has 0 fully saturated rings. The van der Waals surface area contributed by atoms with Crippen molar-refractivity contribution in [1.29, 1.82) is 0 Å². The predicted octanol–water partition coefficient (Wildman–Crippen LogP) is 1.05. The van der Waals surface area contributed by atoms with Crippen molar-refractivity contribution in [3.05, 3.63) is 30.1 Å². The van der Waals surface area contributed by atoms with Crippen molar-refractivity contribution in [2.45, 2.75) is 6.42 Å². The fraction of sp³-hybridized carbons (Fsp3) is 0.364. The van der Waals surface area contributed by atoms with Crippen molar-refractivity contribution in [2.24, 2.45) is 0 Å². The Kier molecular flexibility index (Phi) is 4.80. The van der Waals surface area contributed by atoms with Gasteiger partial charge in [0.25, 0.3) is 0 Å². The molecule has 100 valence electrons. The first-order valence-corrected chi connectivity index (χ1v) is 6.88. The molecule has 0 heterocycles. The van der Waals surface area contributed by atoms with Crippen LogP contribution in [0.2, 0.25) is 0 Å². The van der Waals surface area contributed by atoms with Gasteiger partial charge in [-0.05, 0) is 12.1 Å². The Bertz CT molecular complexity index is 529. The molecular formula is C11H15FN2O3S. The highest BCUT2D eigenvalue weighted by atomic mass is 32.2. The molecule has 0 spiro atoms. The highest BCUT2D eigenvalue weighted by molar-refractivity contribution is 7.89. The van der Waals surface area contributed by atoms with Crippen molar-refractivity contribution < 1.29 is 17.6 Å². The molecule has 18 heavy (non-hydrogen) atoms. The maximum atomic E-state index is 13.2. The van der Waals surface area contributed by atoms with Crippen molar-refractivity contribution >= 4 is 21.6 Å². The van der Waals surface area contributed by atoms with Crippen molar-refractivity contribution in [3.63, 3.8) is 0 Å². The van der Waals surface area contributed by atoms with Crippen LogP contribution < -0.4 is 5.32 Å². The zero-order valence-electron chi connectivity index (χ0n) is 10.2. The lowest BCUT2D eigenvalue weighted by molar-refractivity contribution is -0.115. The van der Waals surface area contributed by atoms with Gasteiger partial charge < -0.3 is 5.32 Å². The van der Waals surface area contributed by atoms with Crippen molar-refractivity contribution in [2.75, 3.05) is 25.2 Å². The fourth-order valence-electron chi connectivity index (χ4n) is 1.18. The van der Waals surface area contributed by atoms with Gasteiger partial charge >= 0.3 is 0 Å². The summed E-state index contributed by atoms with van der Waals surface area (Å²) in [6.45, 7) is 0. The van der Waals surface area contributed by atoms with Crippen LogP contribution in [0.4, 0.5) is 10.1 Å². The number of nitrogens with one attached hydrogen (secondary N) is 1. The van der Waals surface area contributed by atoms with Crippen LogP contribution in [-0.2, 0) is 14.8 Å². The van der Waals surface area contributed by atoms with E-state index >= 15 is 0 Å². The summed E-state index contributed by atoms with van der Waals surface area (Å²) >= 11 is 0. The van der Waals surface area contributed by atoms with E-state index in [0.29, 0.717) is 0 Å². The Labute approximate surface area is 106 Å². The lowest BCUT2D eigenvalue weighted by Crippen LogP contribution is -2.27. The van der Waals surface area contributed by atoms with Gasteiger partial charge in [-0.15, -0.1) is 0 Å². The van der Waals surface area contributed by atoms with Gasteiger partial charge in [0.1, 0.15) is 5.82 Å². The van der Waals surface area contributed by atoms with E-state index in [1.165, 1.54) is 32.3 Å². The van der Waals surface area contributed by atoms with E-state index in [1.54, 1.807) is 6.07 Å². The number of hydrogen-bond acceptors (Lipinski definition) is 3. The maximum absolute atomic E-state index is 13.2. The van der Waals surface area contributed by atoms with E-state index < -0.39 is 21.7 Å². The van der Waals surface area contributed by atoms with Crippen LogP contribution >= 0.6 is 0 Å². The average Bonchev–Trinajstić information content (AvgIpc) is 2.29. The molecule has 1 aromatic rings. The summed E-state index contributed by atoms with van der Waals surface area (Å²) in [4.78, 5) is 11.5. The van der Waals surface area contributed by atoms with Crippen LogP contribution in [0.1, 0.15) is 6.42 Å². The molecule has 0 saturated heterocycles. The van der Waals surface area contributed by atoms with Gasteiger partial charge in [-0.2, -0.15) is 0 Å². The third-order valence-corrected chi connectivity index (χ3v) is 4.12. The molecule has 0 aliphatic rings. The number of carbonyl (C=O) groups excluding carboxylic acids is 1. The van der Waals surface area contributed by atoms with Crippen LogP contribution in [0.5, 0.6) is 0 Å². The van der Waals surface area contributed by atoms with Gasteiger partial charge in [0.2, 0.25) is 15.9 Å². The number of nitrogens with zero attached hydrogens (tertiary/aromatic N) is 1. The Hall–Kier alpha value is -1.47. The molecule has 0 bridgehead atoms. The number of para-hydroxylation sites is 1. The second kappa shape index (κ2) is 5.92. The van der Waals surface area contributed by atoms with Crippen LogP contribution in [0.3, 0.4) is 0 Å². The molecule has 1 amide bonds. The van der Waals surface area contributed by atoms with E-state index in [1.807, 2.05) is 0 Å². The number of hydrogen-bond donors (Lipinski definition) is 1. The third kappa shape index (κ3) is 4.08. The van der Waals surface area contributed by atoms with Crippen molar-refractivity contribution in [1.82, 2.24) is 4.31 Å². The molecular weight excluding hydrogens is 259 g/mol. The quantitative estimate of drug-likeness (QED) is 0.872. The molecule has 1 rings (SSSR count). The summed E-state index contributed by atoms with van der Waals surface area (Å²) in [6.07, 6.45) is -0.213. The minimum atomic E-state index is -3.42. The zero-order chi connectivity index (χ0) is 13.8. The Morgan fingerprint density at radius 1 is 1.33 bits per heavy atom. The topological polar surface area (TPSA) is 66.5 Å². The Balaban J connectivity index is 2.56. The summed E-state index contributed by atoms with van der Waals surface area (Å²) in [5, 5.41) is 2.32. The fourth-order valence-corrected chi connectivity index (χ4v) is 1.99. The lowest BCUT2D eigenvalue weighted by atomic mass is 10.3. The highest BCUT2D eigenvalue weighted by Crippen LogP contribution is 2.12. The molecule has 0 aliphatic carbocycles. The van der Waals surface area contributed by atoms with E-state index in [-0.39, 0.29) is 17.9 Å². The first-order chi connectivity index (χ1) is 8.33. The summed E-state index contributed by atoms with van der Waals surface area (Å²) < 4.78 is 37.1. The number of rotatable bonds is 5. The van der Waals surface area contributed by atoms with Gasteiger partial charge in [0.15, 0.2) is 0 Å². The minimum absolute atomic E-state index is 0.0461. The molecule has 0 unspecified atom stereocenters. The molecule has 5 nitrogen and oxygen atoms in total. The predicted molar refractivity (Wildman–Crippen MR) is 67.1 cm³/mol. The van der Waals surface area contributed by atoms with Gasteiger partial charge in [-0.1, -0.05) is 12.1 Å². The summed E-state index contributed by atoms with van der Waals surface area (Å²) in [5.41, 5.74) is 0.0461. The standard InChI is InChI=1S/C11H15FN2O3S/c1-14(2)18(16,17)8-7-11(15)13-10-6-4-3-5-9(10)12/h3-6H,7-8H2,1-2H3,(H,13,15). The smallest absolute Gasteiger partial charge is 0.225 e. The van der Waals surface area contributed by atoms with E-state index in [2.05, 4.69) is 5.32 Å².